The average Bonchev–Trinajstić information content (AvgIpc) is 3.19. The predicted molar refractivity (Wildman–Crippen MR) is 101 cm³/mol. The predicted octanol–water partition coefficient (Wildman–Crippen LogP) is 3.75. The highest BCUT2D eigenvalue weighted by Gasteiger charge is 2.39. The van der Waals surface area contributed by atoms with Gasteiger partial charge < -0.3 is 5.32 Å². The molecule has 13 heteroatoms. The van der Waals surface area contributed by atoms with Crippen LogP contribution in [0.1, 0.15) is 48.7 Å². The monoisotopic (exact) mass is 448 g/mol. The van der Waals surface area contributed by atoms with Crippen molar-refractivity contribution in [3.63, 3.8) is 0 Å². The van der Waals surface area contributed by atoms with Crippen molar-refractivity contribution >= 4 is 21.6 Å². The van der Waals surface area contributed by atoms with Crippen molar-refractivity contribution in [1.82, 2.24) is 14.8 Å². The Morgan fingerprint density at radius 2 is 2.13 bits per heavy atom. The quantitative estimate of drug-likeness (QED) is 0.696. The maximum absolute atomic E-state index is 14.0. The number of carbonyl (C=O) groups is 1. The van der Waals surface area contributed by atoms with Crippen LogP contribution in [0.15, 0.2) is 15.6 Å². The number of aromatic nitrogens is 3. The van der Waals surface area contributed by atoms with Crippen LogP contribution in [0, 0.1) is 12.7 Å². The Kier molecular flexibility index (Phi) is 5.62. The van der Waals surface area contributed by atoms with Crippen LogP contribution in [-0.2, 0) is 29.1 Å². The minimum Gasteiger partial charge on any atom is -0.305 e. The van der Waals surface area contributed by atoms with Crippen molar-refractivity contribution in [2.75, 3.05) is 5.32 Å². The zero-order valence-corrected chi connectivity index (χ0v) is 17.2. The maximum atomic E-state index is 14.0. The number of rotatable bonds is 3. The van der Waals surface area contributed by atoms with E-state index in [1.165, 1.54) is 6.92 Å². The standard InChI is InChI=1S/C17H20F4N6O2S/c1-4-27-7-10(18)15(25-27)30(22,29)26-16(28)24-13-9(3)14(17(19,20)21)23-11-6-5-8(2)12(11)13/h7-8H,4-6H2,1-3H3,(H3,22,23,24,26,28,29)/t8-,30?/m1/s1. The van der Waals surface area contributed by atoms with Crippen molar-refractivity contribution in [2.24, 2.45) is 9.50 Å². The van der Waals surface area contributed by atoms with Gasteiger partial charge in [-0.3, -0.25) is 4.68 Å². The zero-order chi connectivity index (χ0) is 22.4. The summed E-state index contributed by atoms with van der Waals surface area (Å²) in [4.78, 5) is 16.2. The fraction of sp³-hybridized carbons (Fsp3) is 0.471. The molecule has 2 aromatic rings. The second-order valence-corrected chi connectivity index (χ2v) is 8.69. The topological polar surface area (TPSA) is 115 Å². The summed E-state index contributed by atoms with van der Waals surface area (Å²) in [6.45, 7) is 4.90. The normalized spacial score (nSPS) is 18.1. The molecule has 0 saturated carbocycles. The Morgan fingerprint density at radius 3 is 2.70 bits per heavy atom. The van der Waals surface area contributed by atoms with Gasteiger partial charge in [0.05, 0.1) is 11.9 Å². The third-order valence-corrected chi connectivity index (χ3v) is 6.14. The number of pyridine rings is 1. The van der Waals surface area contributed by atoms with Gasteiger partial charge in [-0.05, 0) is 32.6 Å². The van der Waals surface area contributed by atoms with E-state index >= 15 is 0 Å². The molecule has 3 N–H and O–H groups in total. The second-order valence-electron chi connectivity index (χ2n) is 6.99. The van der Waals surface area contributed by atoms with E-state index in [1.807, 2.05) is 0 Å². The number of urea groups is 1. The van der Waals surface area contributed by atoms with E-state index in [9.17, 15) is 26.6 Å². The summed E-state index contributed by atoms with van der Waals surface area (Å²) in [5, 5.41) is 10.8. The molecule has 2 heterocycles. The fourth-order valence-electron chi connectivity index (χ4n) is 3.44. The van der Waals surface area contributed by atoms with Gasteiger partial charge in [-0.1, -0.05) is 6.92 Å². The van der Waals surface area contributed by atoms with Crippen molar-refractivity contribution in [3.8, 4) is 0 Å². The smallest absolute Gasteiger partial charge is 0.305 e. The molecule has 1 aliphatic rings. The molecule has 164 valence electrons. The Morgan fingerprint density at radius 1 is 1.47 bits per heavy atom. The molecule has 3 rings (SSSR count). The Labute approximate surface area is 170 Å². The van der Waals surface area contributed by atoms with Crippen molar-refractivity contribution < 1.29 is 26.6 Å². The third kappa shape index (κ3) is 4.03. The van der Waals surface area contributed by atoms with Crippen LogP contribution >= 0.6 is 0 Å². The van der Waals surface area contributed by atoms with Gasteiger partial charge in [0.15, 0.2) is 15.7 Å². The third-order valence-electron chi connectivity index (χ3n) is 4.87. The van der Waals surface area contributed by atoms with E-state index < -0.39 is 38.7 Å². The minimum absolute atomic E-state index is 0.0964. The average molecular weight is 448 g/mol. The van der Waals surface area contributed by atoms with Crippen LogP contribution < -0.4 is 10.5 Å². The summed E-state index contributed by atoms with van der Waals surface area (Å²) in [6, 6.07) is -1.27. The molecule has 0 bridgehead atoms. The molecular weight excluding hydrogens is 428 g/mol. The van der Waals surface area contributed by atoms with Crippen LogP contribution in [0.2, 0.25) is 0 Å². The Balaban J connectivity index is 2.05. The summed E-state index contributed by atoms with van der Waals surface area (Å²) in [6.07, 6.45) is -2.88. The van der Waals surface area contributed by atoms with Crippen LogP contribution in [0.4, 0.5) is 28.0 Å². The van der Waals surface area contributed by atoms with Crippen LogP contribution in [0.3, 0.4) is 0 Å². The number of alkyl halides is 3. The molecule has 2 aromatic heterocycles. The molecule has 1 aliphatic carbocycles. The molecule has 0 aliphatic heterocycles. The zero-order valence-electron chi connectivity index (χ0n) is 16.4. The van der Waals surface area contributed by atoms with Gasteiger partial charge in [-0.25, -0.2) is 23.5 Å². The Hall–Kier alpha value is -2.54. The van der Waals surface area contributed by atoms with Gasteiger partial charge in [-0.15, -0.1) is 4.36 Å². The molecule has 0 saturated heterocycles. The van der Waals surface area contributed by atoms with Crippen molar-refractivity contribution in [3.05, 3.63) is 34.5 Å². The first-order valence-electron chi connectivity index (χ1n) is 9.04. The molecule has 0 aromatic carbocycles. The molecule has 30 heavy (non-hydrogen) atoms. The first kappa shape index (κ1) is 22.2. The number of hydrogen-bond acceptors (Lipinski definition) is 4. The second kappa shape index (κ2) is 7.61. The highest BCUT2D eigenvalue weighted by atomic mass is 32.2. The van der Waals surface area contributed by atoms with E-state index in [0.717, 1.165) is 10.9 Å². The van der Waals surface area contributed by atoms with Crippen LogP contribution in [0.5, 0.6) is 0 Å². The summed E-state index contributed by atoms with van der Waals surface area (Å²) in [7, 11) is -4.06. The molecule has 2 atom stereocenters. The lowest BCUT2D eigenvalue weighted by molar-refractivity contribution is -0.141. The summed E-state index contributed by atoms with van der Waals surface area (Å²) in [5.41, 5.74) is -0.804. The lowest BCUT2D eigenvalue weighted by atomic mass is 9.99. The molecule has 0 radical (unpaired) electrons. The lowest BCUT2D eigenvalue weighted by Gasteiger charge is -2.19. The van der Waals surface area contributed by atoms with Crippen LogP contribution in [-0.4, -0.2) is 25.0 Å². The number of nitrogens with zero attached hydrogens (tertiary/aromatic N) is 4. The number of amides is 2. The highest BCUT2D eigenvalue weighted by molar-refractivity contribution is 7.91. The number of halogens is 4. The number of hydrogen-bond donors (Lipinski definition) is 2. The number of anilines is 1. The SMILES string of the molecule is CCn1cc(F)c(S(N)(=O)=NC(=O)Nc2c(C)c(C(F)(F)F)nc3c2[C@H](C)CC3)n1. The van der Waals surface area contributed by atoms with Gasteiger partial charge in [0.1, 0.15) is 5.69 Å². The minimum atomic E-state index is -4.72. The fourth-order valence-corrected chi connectivity index (χ4v) is 4.37. The summed E-state index contributed by atoms with van der Waals surface area (Å²) < 4.78 is 71.2. The lowest BCUT2D eigenvalue weighted by Crippen LogP contribution is -2.21. The van der Waals surface area contributed by atoms with Crippen molar-refractivity contribution in [1.29, 1.82) is 0 Å². The number of nitrogens with one attached hydrogen (secondary N) is 1. The first-order chi connectivity index (χ1) is 13.8. The van der Waals surface area contributed by atoms with E-state index in [2.05, 4.69) is 19.8 Å². The van der Waals surface area contributed by atoms with E-state index in [4.69, 9.17) is 5.14 Å². The van der Waals surface area contributed by atoms with Crippen molar-refractivity contribution in [2.45, 2.75) is 57.3 Å². The van der Waals surface area contributed by atoms with E-state index in [1.54, 1.807) is 13.8 Å². The van der Waals surface area contributed by atoms with E-state index in [-0.39, 0.29) is 29.4 Å². The molecule has 2 amide bonds. The number of nitrogens with two attached hydrogens (primary N) is 1. The van der Waals surface area contributed by atoms with E-state index in [0.29, 0.717) is 18.4 Å². The van der Waals surface area contributed by atoms with Gasteiger partial charge >= 0.3 is 12.2 Å². The van der Waals surface area contributed by atoms with Crippen LogP contribution in [0.25, 0.3) is 0 Å². The first-order valence-corrected chi connectivity index (χ1v) is 10.6. The molecular formula is C17H20F4N6O2S. The molecule has 0 fully saturated rings. The summed E-state index contributed by atoms with van der Waals surface area (Å²) >= 11 is 0. The van der Waals surface area contributed by atoms with Gasteiger partial charge in [-0.2, -0.15) is 18.3 Å². The number of fused-ring (bicyclic) bond motifs is 1. The highest BCUT2D eigenvalue weighted by Crippen LogP contribution is 2.43. The molecule has 0 spiro atoms. The summed E-state index contributed by atoms with van der Waals surface area (Å²) in [5.74, 6) is -1.15. The van der Waals surface area contributed by atoms with Gasteiger partial charge in [0, 0.05) is 23.4 Å². The number of aryl methyl sites for hydroxylation is 2. The molecule has 1 unspecified atom stereocenters. The maximum Gasteiger partial charge on any atom is 0.433 e. The largest absolute Gasteiger partial charge is 0.433 e. The number of carbonyl (C=O) groups excluding carboxylic acids is 1. The Bertz CT molecular complexity index is 1130. The van der Waals surface area contributed by atoms with Gasteiger partial charge in [0.25, 0.3) is 0 Å². The molecule has 8 nitrogen and oxygen atoms in total. The van der Waals surface area contributed by atoms with Gasteiger partial charge in [0.2, 0.25) is 5.03 Å².